The number of Topliss-reactive ketones (excluding diaryl/α,β-unsaturated/α-hetero) is 1. The molecule has 8 rings (SSSR count). The number of methoxy groups -OCH3 is 1. The molecule has 0 aliphatic rings. The second kappa shape index (κ2) is 47.0. The Morgan fingerprint density at radius 1 is 0.402 bits per heavy atom. The van der Waals surface area contributed by atoms with Crippen molar-refractivity contribution < 1.29 is 83.6 Å². The Labute approximate surface area is 607 Å². The Bertz CT molecular complexity index is 3840. The summed E-state index contributed by atoms with van der Waals surface area (Å²) in [6.07, 6.45) is 4.09. The van der Waals surface area contributed by atoms with E-state index in [1.165, 1.54) is 12.5 Å². The molecule has 0 aliphatic heterocycles. The van der Waals surface area contributed by atoms with Crippen molar-refractivity contribution in [3.05, 3.63) is 260 Å². The summed E-state index contributed by atoms with van der Waals surface area (Å²) >= 11 is 2.20. The highest BCUT2D eigenvalue weighted by Crippen LogP contribution is 2.19. The van der Waals surface area contributed by atoms with E-state index in [0.717, 1.165) is 70.3 Å². The third kappa shape index (κ3) is 36.2. The number of aryl methyl sites for hydroxylation is 1. The van der Waals surface area contributed by atoms with Crippen LogP contribution in [0.1, 0.15) is 87.1 Å². The molecule has 21 N–H and O–H groups in total. The minimum Gasteiger partial charge on any atom is -0.497 e. The molecular weight excluding hydrogens is 1420 g/mol. The molecule has 0 unspecified atom stereocenters. The van der Waals surface area contributed by atoms with Crippen LogP contribution in [0.2, 0.25) is 0 Å². The summed E-state index contributed by atoms with van der Waals surface area (Å²) in [5.74, 6) is -4.88. The first kappa shape index (κ1) is 87.9. The SMILES string of the molecule is C=CCOc1ccc(C[C@H](N)C(=O)O)cc1.CC(=O)c1ccc(C[C@H](N)C(=O)O)cc1.CC(C)c1ccc(C[C@H](N)C(=O)O)cc1.COc1ccc(C[C@H](N)C(=O)O)cc1.Cc1ccc(C[C@H](N)C(=O)O)cc1.N[C@@H](Cc1ccc(I)cc1)C(=O)O.N[C@@H](Cc1ccc2ccccc2c1)C(=O)O. The van der Waals surface area contributed by atoms with Gasteiger partial charge in [-0.25, -0.2) is 0 Å². The van der Waals surface area contributed by atoms with Gasteiger partial charge in [-0.1, -0.05) is 184 Å². The molecule has 0 aromatic heterocycles. The summed E-state index contributed by atoms with van der Waals surface area (Å²) in [5.41, 5.74) is 47.3. The molecule has 102 heavy (non-hydrogen) atoms. The number of aliphatic carboxylic acids is 7. The van der Waals surface area contributed by atoms with E-state index in [-0.39, 0.29) is 12.2 Å². The summed E-state index contributed by atoms with van der Waals surface area (Å²) in [4.78, 5) is 84.6. The van der Waals surface area contributed by atoms with Crippen LogP contribution >= 0.6 is 22.6 Å². The van der Waals surface area contributed by atoms with E-state index in [1.807, 2.05) is 134 Å². The Kier molecular flexibility index (Phi) is 40.5. The molecule has 546 valence electrons. The number of carboxylic acids is 7. The largest absolute Gasteiger partial charge is 0.497 e. The van der Waals surface area contributed by atoms with Crippen molar-refractivity contribution in [2.75, 3.05) is 13.7 Å². The lowest BCUT2D eigenvalue weighted by molar-refractivity contribution is -0.139. The van der Waals surface area contributed by atoms with E-state index in [1.54, 1.807) is 73.8 Å². The van der Waals surface area contributed by atoms with E-state index in [9.17, 15) is 38.4 Å². The van der Waals surface area contributed by atoms with Gasteiger partial charge in [-0.3, -0.25) is 38.4 Å². The molecule has 0 bridgehead atoms. The van der Waals surface area contributed by atoms with Gasteiger partial charge in [0.05, 0.1) is 7.11 Å². The smallest absolute Gasteiger partial charge is 0.320 e. The van der Waals surface area contributed by atoms with Crippen molar-refractivity contribution in [2.24, 2.45) is 40.1 Å². The molecule has 7 atom stereocenters. The number of fused-ring (bicyclic) bond motifs is 1. The normalized spacial score (nSPS) is 12.3. The zero-order valence-electron chi connectivity index (χ0n) is 57.6. The molecule has 0 saturated carbocycles. The maximum absolute atomic E-state index is 11.0. The summed E-state index contributed by atoms with van der Waals surface area (Å²) in [6, 6.07) is 52.4. The molecule has 0 amide bonds. The molecular formula is C77H94IN7O17. The van der Waals surface area contributed by atoms with Gasteiger partial charge in [0.1, 0.15) is 60.4 Å². The molecule has 0 radical (unpaired) electrons. The van der Waals surface area contributed by atoms with Gasteiger partial charge in [0.15, 0.2) is 5.78 Å². The highest BCUT2D eigenvalue weighted by atomic mass is 127. The number of benzene rings is 8. The van der Waals surface area contributed by atoms with Gasteiger partial charge in [-0.2, -0.15) is 0 Å². The Hall–Kier alpha value is -10.2. The van der Waals surface area contributed by atoms with Crippen molar-refractivity contribution in [3.8, 4) is 11.5 Å². The van der Waals surface area contributed by atoms with E-state index in [2.05, 4.69) is 43.0 Å². The summed E-state index contributed by atoms with van der Waals surface area (Å²) in [6.45, 7) is 11.7. The van der Waals surface area contributed by atoms with Crippen LogP contribution in [0.25, 0.3) is 10.8 Å². The third-order valence-electron chi connectivity index (χ3n) is 14.7. The maximum atomic E-state index is 11.0. The molecule has 0 saturated heterocycles. The molecule has 0 heterocycles. The fourth-order valence-electron chi connectivity index (χ4n) is 8.65. The topological polar surface area (TPSA) is 479 Å². The van der Waals surface area contributed by atoms with Crippen LogP contribution in [0, 0.1) is 10.5 Å². The molecule has 25 heteroatoms. The number of nitrogens with two attached hydrogens (primary N) is 7. The van der Waals surface area contributed by atoms with Gasteiger partial charge < -0.3 is 85.4 Å². The number of hydrogen-bond donors (Lipinski definition) is 14. The van der Waals surface area contributed by atoms with E-state index >= 15 is 0 Å². The van der Waals surface area contributed by atoms with Gasteiger partial charge >= 0.3 is 41.8 Å². The van der Waals surface area contributed by atoms with Crippen LogP contribution in [-0.2, 0) is 78.5 Å². The van der Waals surface area contributed by atoms with E-state index < -0.39 is 84.1 Å². The van der Waals surface area contributed by atoms with Crippen LogP contribution < -0.4 is 49.6 Å². The minimum atomic E-state index is -1.02. The molecule has 0 fully saturated rings. The van der Waals surface area contributed by atoms with E-state index in [0.29, 0.717) is 56.6 Å². The Balaban J connectivity index is 0.000000405. The standard InChI is InChI=1S/C13H13NO2.C12H15NO3.C12H17NO2.C11H13NO3.C10H13NO3.C10H13NO2.C9H10INO2/c14-12(13(15)16)8-9-5-6-10-3-1-2-4-11(10)7-9;1-2-7-16-10-5-3-9(4-6-10)8-11(13)12(14)15;1-8(2)10-5-3-9(4-6-10)7-11(13)12(14)15;1-7(13)9-4-2-8(3-5-9)6-10(12)11(14)15;1-14-8-4-2-7(3-5-8)6-9(11)10(12)13;1-7-2-4-8(5-3-7)6-9(11)10(12)13;10-7-3-1-6(2-4-7)5-8(11)9(12)13/h1-7,12H,8,14H2,(H,15,16);2-6,11H,1,7-8,13H2,(H,14,15);3-6,8,11H,7,13H2,1-2H3,(H,14,15);2-5,10H,6,12H2,1H3,(H,14,15);2-5,9H,6,11H2,1H3,(H,12,13);2-5,9H,6,11H2,1H3,(H,12,13);1-4,8H,5,11H2,(H,12,13)/t12-;2*11-;10-;2*9-;8-/m0000000/s1. The Morgan fingerprint density at radius 2 is 0.686 bits per heavy atom. The van der Waals surface area contributed by atoms with Crippen molar-refractivity contribution >= 4 is 80.9 Å². The summed E-state index contributed by atoms with van der Waals surface area (Å²) < 4.78 is 11.4. The van der Waals surface area contributed by atoms with Gasteiger partial charge in [0, 0.05) is 9.13 Å². The first-order valence-electron chi connectivity index (χ1n) is 31.9. The van der Waals surface area contributed by atoms with Crippen molar-refractivity contribution in [3.63, 3.8) is 0 Å². The number of carbonyl (C=O) groups excluding carboxylic acids is 1. The lowest BCUT2D eigenvalue weighted by atomic mass is 9.99. The van der Waals surface area contributed by atoms with Gasteiger partial charge in [0.2, 0.25) is 0 Å². The first-order chi connectivity index (χ1) is 48.1. The van der Waals surface area contributed by atoms with Gasteiger partial charge in [-0.05, 0) is 179 Å². The second-order valence-corrected chi connectivity index (χ2v) is 24.8. The molecule has 8 aromatic carbocycles. The van der Waals surface area contributed by atoms with E-state index in [4.69, 9.17) is 85.4 Å². The minimum absolute atomic E-state index is 0.0101. The zero-order chi connectivity index (χ0) is 76.6. The van der Waals surface area contributed by atoms with Crippen LogP contribution in [0.5, 0.6) is 11.5 Å². The van der Waals surface area contributed by atoms with Crippen LogP contribution in [0.3, 0.4) is 0 Å². The van der Waals surface area contributed by atoms with Crippen LogP contribution in [-0.4, -0.2) is 139 Å². The predicted molar refractivity (Wildman–Crippen MR) is 402 cm³/mol. The maximum Gasteiger partial charge on any atom is 0.320 e. The highest BCUT2D eigenvalue weighted by Gasteiger charge is 2.17. The zero-order valence-corrected chi connectivity index (χ0v) is 59.7. The average molecular weight is 1520 g/mol. The van der Waals surface area contributed by atoms with Crippen LogP contribution in [0.4, 0.5) is 0 Å². The molecule has 0 aliphatic carbocycles. The van der Waals surface area contributed by atoms with Crippen molar-refractivity contribution in [1.82, 2.24) is 0 Å². The second-order valence-electron chi connectivity index (χ2n) is 23.6. The number of halogens is 1. The number of carbonyl (C=O) groups is 8. The summed E-state index contributed by atoms with van der Waals surface area (Å²) in [5, 5.41) is 62.6. The molecule has 8 aromatic rings. The number of rotatable bonds is 27. The van der Waals surface area contributed by atoms with Crippen molar-refractivity contribution in [1.29, 1.82) is 0 Å². The number of ketones is 1. The lowest BCUT2D eigenvalue weighted by Crippen LogP contribution is -2.32. The van der Waals surface area contributed by atoms with Crippen LogP contribution in [0.15, 0.2) is 201 Å². The third-order valence-corrected chi connectivity index (χ3v) is 15.4. The molecule has 24 nitrogen and oxygen atoms in total. The fraction of sp³-hybridized carbons (Fsp3) is 0.273. The fourth-order valence-corrected chi connectivity index (χ4v) is 9.01. The number of ether oxygens (including phenoxy) is 2. The van der Waals surface area contributed by atoms with Crippen molar-refractivity contribution in [2.45, 2.75) is 121 Å². The van der Waals surface area contributed by atoms with Gasteiger partial charge in [-0.15, -0.1) is 0 Å². The number of hydrogen-bond acceptors (Lipinski definition) is 17. The quantitative estimate of drug-likeness (QED) is 0.0130. The first-order valence-corrected chi connectivity index (χ1v) is 33.0. The van der Waals surface area contributed by atoms with Gasteiger partial charge in [0.25, 0.3) is 0 Å². The molecule has 0 spiro atoms. The number of carboxylic acid groups (broad SMARTS) is 7. The predicted octanol–water partition coefficient (Wildman–Crippen LogP) is 8.45. The lowest BCUT2D eigenvalue weighted by Gasteiger charge is -2.09. The average Bonchev–Trinajstić information content (AvgIpc) is 0.839. The monoisotopic (exact) mass is 1520 g/mol. The summed E-state index contributed by atoms with van der Waals surface area (Å²) in [7, 11) is 1.58. The Morgan fingerprint density at radius 3 is 1.00 bits per heavy atom. The highest BCUT2D eigenvalue weighted by molar-refractivity contribution is 14.1.